The minimum Gasteiger partial charge on any atom is -0.389 e. The van der Waals surface area contributed by atoms with E-state index in [1.165, 1.54) is 11.5 Å². The van der Waals surface area contributed by atoms with Gasteiger partial charge in [0.1, 0.15) is 4.99 Å². The molecule has 0 amide bonds. The van der Waals surface area contributed by atoms with Crippen molar-refractivity contribution in [1.82, 2.24) is 3.96 Å². The second-order valence-electron chi connectivity index (χ2n) is 4.21. The molecule has 0 bridgehead atoms. The molecule has 0 saturated carbocycles. The van der Waals surface area contributed by atoms with E-state index in [1.54, 1.807) is 3.96 Å². The largest absolute Gasteiger partial charge is 0.389 e. The molecule has 100 valence electrons. The summed E-state index contributed by atoms with van der Waals surface area (Å²) in [4.78, 5) is 12.8. The third-order valence-corrected chi connectivity index (χ3v) is 4.75. The van der Waals surface area contributed by atoms with Crippen molar-refractivity contribution >= 4 is 54.8 Å². The summed E-state index contributed by atoms with van der Waals surface area (Å²) < 4.78 is 3.44. The van der Waals surface area contributed by atoms with Crippen LogP contribution in [0.1, 0.15) is 5.56 Å². The lowest BCUT2D eigenvalue weighted by atomic mass is 10.2. The molecule has 3 aromatic rings. The fourth-order valence-electron chi connectivity index (χ4n) is 2.01. The van der Waals surface area contributed by atoms with Gasteiger partial charge in [-0.25, -0.2) is 3.96 Å². The van der Waals surface area contributed by atoms with E-state index in [0.29, 0.717) is 16.6 Å². The number of benzene rings is 2. The van der Waals surface area contributed by atoms with Gasteiger partial charge in [-0.2, -0.15) is 0 Å². The first kappa shape index (κ1) is 13.5. The molecule has 0 unspecified atom stereocenters. The molecule has 0 aliphatic heterocycles. The van der Waals surface area contributed by atoms with Gasteiger partial charge in [0.2, 0.25) is 0 Å². The number of hydrogen-bond acceptors (Lipinski definition) is 3. The zero-order chi connectivity index (χ0) is 14.3. The molecule has 0 spiro atoms. The predicted octanol–water partition coefficient (Wildman–Crippen LogP) is 3.45. The standard InChI is InChI=1S/C14H9BrN2OS2/c15-8-5-6-9(13(16)19)11(7-8)17-14(18)10-3-1-2-4-12(10)20-17/h1-7H,(H2,16,19). The van der Waals surface area contributed by atoms with Crippen molar-refractivity contribution < 1.29 is 0 Å². The molecule has 6 heteroatoms. The second-order valence-corrected chi connectivity index (χ2v) is 6.56. The van der Waals surface area contributed by atoms with Gasteiger partial charge in [-0.15, -0.1) is 0 Å². The van der Waals surface area contributed by atoms with Crippen LogP contribution in [0.25, 0.3) is 15.8 Å². The minimum absolute atomic E-state index is 0.0544. The van der Waals surface area contributed by atoms with Crippen molar-refractivity contribution in [1.29, 1.82) is 0 Å². The maximum Gasteiger partial charge on any atom is 0.273 e. The summed E-state index contributed by atoms with van der Waals surface area (Å²) in [6.45, 7) is 0. The normalized spacial score (nSPS) is 10.8. The van der Waals surface area contributed by atoms with Crippen LogP contribution >= 0.6 is 39.7 Å². The van der Waals surface area contributed by atoms with E-state index in [4.69, 9.17) is 18.0 Å². The first-order valence-electron chi connectivity index (χ1n) is 5.79. The molecule has 2 N–H and O–H groups in total. The van der Waals surface area contributed by atoms with Crippen molar-refractivity contribution in [2.75, 3.05) is 0 Å². The Kier molecular flexibility index (Phi) is 3.45. The minimum atomic E-state index is -0.0544. The van der Waals surface area contributed by atoms with E-state index >= 15 is 0 Å². The zero-order valence-electron chi connectivity index (χ0n) is 10.2. The van der Waals surface area contributed by atoms with Gasteiger partial charge in [0.15, 0.2) is 0 Å². The van der Waals surface area contributed by atoms with Crippen LogP contribution in [-0.4, -0.2) is 8.95 Å². The molecular formula is C14H9BrN2OS2. The Hall–Kier alpha value is -1.50. The summed E-state index contributed by atoms with van der Waals surface area (Å²) in [6.07, 6.45) is 0. The molecule has 1 aromatic heterocycles. The van der Waals surface area contributed by atoms with Crippen molar-refractivity contribution in [3.05, 3.63) is 62.9 Å². The third kappa shape index (κ3) is 2.19. The second kappa shape index (κ2) is 5.12. The van der Waals surface area contributed by atoms with Crippen LogP contribution in [0.4, 0.5) is 0 Å². The monoisotopic (exact) mass is 364 g/mol. The molecule has 2 aromatic carbocycles. The van der Waals surface area contributed by atoms with Gasteiger partial charge < -0.3 is 5.73 Å². The Balaban J connectivity index is 2.36. The topological polar surface area (TPSA) is 48.0 Å². The van der Waals surface area contributed by atoms with Crippen LogP contribution in [0, 0.1) is 0 Å². The molecule has 1 heterocycles. The lowest BCUT2D eigenvalue weighted by Crippen LogP contribution is -2.17. The molecule has 0 saturated heterocycles. The van der Waals surface area contributed by atoms with Crippen molar-refractivity contribution in [2.24, 2.45) is 5.73 Å². The number of nitrogens with zero attached hydrogens (tertiary/aromatic N) is 1. The Bertz CT molecular complexity index is 882. The van der Waals surface area contributed by atoms with E-state index in [1.807, 2.05) is 42.5 Å². The SMILES string of the molecule is NC(=S)c1ccc(Br)cc1-n1sc2ccccc2c1=O. The average molecular weight is 365 g/mol. The fourth-order valence-corrected chi connectivity index (χ4v) is 3.55. The van der Waals surface area contributed by atoms with Gasteiger partial charge in [-0.05, 0) is 30.3 Å². The highest BCUT2D eigenvalue weighted by atomic mass is 79.9. The molecule has 3 nitrogen and oxygen atoms in total. The molecule has 0 aliphatic rings. The van der Waals surface area contributed by atoms with Crippen molar-refractivity contribution in [3.63, 3.8) is 0 Å². The van der Waals surface area contributed by atoms with Gasteiger partial charge in [0.25, 0.3) is 5.56 Å². The van der Waals surface area contributed by atoms with Crippen LogP contribution < -0.4 is 11.3 Å². The van der Waals surface area contributed by atoms with Crippen LogP contribution in [-0.2, 0) is 0 Å². The molecule has 0 aliphatic carbocycles. The highest BCUT2D eigenvalue weighted by Crippen LogP contribution is 2.25. The van der Waals surface area contributed by atoms with Gasteiger partial charge >= 0.3 is 0 Å². The number of rotatable bonds is 2. The van der Waals surface area contributed by atoms with Crippen LogP contribution in [0.15, 0.2) is 51.7 Å². The molecule has 20 heavy (non-hydrogen) atoms. The molecule has 0 radical (unpaired) electrons. The summed E-state index contributed by atoms with van der Waals surface area (Å²) in [7, 11) is 0. The highest BCUT2D eigenvalue weighted by Gasteiger charge is 2.13. The summed E-state index contributed by atoms with van der Waals surface area (Å²) in [5, 5.41) is 0.700. The third-order valence-electron chi connectivity index (χ3n) is 2.94. The summed E-state index contributed by atoms with van der Waals surface area (Å²) in [5.41, 5.74) is 7.10. The Morgan fingerprint density at radius 3 is 2.70 bits per heavy atom. The highest BCUT2D eigenvalue weighted by molar-refractivity contribution is 9.10. The first-order valence-corrected chi connectivity index (χ1v) is 7.76. The van der Waals surface area contributed by atoms with E-state index in [9.17, 15) is 4.79 Å². The van der Waals surface area contributed by atoms with Crippen LogP contribution in [0.2, 0.25) is 0 Å². The van der Waals surface area contributed by atoms with Crippen LogP contribution in [0.5, 0.6) is 0 Å². The number of halogens is 1. The van der Waals surface area contributed by atoms with Crippen molar-refractivity contribution in [3.8, 4) is 5.69 Å². The summed E-state index contributed by atoms with van der Waals surface area (Å²) in [5.74, 6) is 0. The Labute approximate surface area is 132 Å². The molecule has 3 rings (SSSR count). The average Bonchev–Trinajstić information content (AvgIpc) is 2.76. The lowest BCUT2D eigenvalue weighted by molar-refractivity contribution is 1.14. The molecule has 0 atom stereocenters. The summed E-state index contributed by atoms with van der Waals surface area (Å²) in [6, 6.07) is 13.0. The zero-order valence-corrected chi connectivity index (χ0v) is 13.4. The van der Waals surface area contributed by atoms with E-state index < -0.39 is 0 Å². The molecule has 0 fully saturated rings. The first-order chi connectivity index (χ1) is 9.58. The van der Waals surface area contributed by atoms with Gasteiger partial charge in [0, 0.05) is 10.0 Å². The Morgan fingerprint density at radius 1 is 1.25 bits per heavy atom. The van der Waals surface area contributed by atoms with Crippen LogP contribution in [0.3, 0.4) is 0 Å². The maximum absolute atomic E-state index is 12.5. The maximum atomic E-state index is 12.5. The molecular weight excluding hydrogens is 356 g/mol. The van der Waals surface area contributed by atoms with Crippen molar-refractivity contribution in [2.45, 2.75) is 0 Å². The number of nitrogens with two attached hydrogens (primary N) is 1. The predicted molar refractivity (Wildman–Crippen MR) is 91.0 cm³/mol. The van der Waals surface area contributed by atoms with Gasteiger partial charge in [-0.3, -0.25) is 4.79 Å². The lowest BCUT2D eigenvalue weighted by Gasteiger charge is -2.08. The number of fused-ring (bicyclic) bond motifs is 1. The number of aromatic nitrogens is 1. The van der Waals surface area contributed by atoms with E-state index in [0.717, 1.165) is 9.17 Å². The summed E-state index contributed by atoms with van der Waals surface area (Å²) >= 11 is 9.87. The van der Waals surface area contributed by atoms with Gasteiger partial charge in [-0.1, -0.05) is 51.8 Å². The van der Waals surface area contributed by atoms with Gasteiger partial charge in [0.05, 0.1) is 15.8 Å². The smallest absolute Gasteiger partial charge is 0.273 e. The quantitative estimate of drug-likeness (QED) is 0.708. The fraction of sp³-hybridized carbons (Fsp3) is 0. The number of hydrogen-bond donors (Lipinski definition) is 1. The van der Waals surface area contributed by atoms with E-state index in [-0.39, 0.29) is 10.5 Å². The van der Waals surface area contributed by atoms with E-state index in [2.05, 4.69) is 15.9 Å². The number of thiocarbonyl (C=S) groups is 1. The Morgan fingerprint density at radius 2 is 2.00 bits per heavy atom.